The molecule has 37 heavy (non-hydrogen) atoms. The number of imide groups is 1. The molecular weight excluding hydrogens is 530 g/mol. The van der Waals surface area contributed by atoms with Gasteiger partial charge in [-0.05, 0) is 48.9 Å². The second-order valence-electron chi connectivity index (χ2n) is 8.41. The molecule has 0 spiro atoms. The molecule has 0 saturated carbocycles. The topological polar surface area (TPSA) is 72.3 Å². The Morgan fingerprint density at radius 1 is 0.892 bits per heavy atom. The van der Waals surface area contributed by atoms with Gasteiger partial charge in [-0.1, -0.05) is 41.4 Å². The molecule has 0 fully saturated rings. The lowest BCUT2D eigenvalue weighted by atomic mass is 10.1. The predicted octanol–water partition coefficient (Wildman–Crippen LogP) is 6.28. The lowest BCUT2D eigenvalue weighted by molar-refractivity contribution is -0.137. The molecule has 6 nitrogen and oxygen atoms in total. The molecule has 4 aromatic rings. The predicted molar refractivity (Wildman–Crippen MR) is 131 cm³/mol. The number of benzene rings is 3. The van der Waals surface area contributed by atoms with Gasteiger partial charge in [-0.2, -0.15) is 13.2 Å². The van der Waals surface area contributed by atoms with Gasteiger partial charge in [0.1, 0.15) is 5.82 Å². The summed E-state index contributed by atoms with van der Waals surface area (Å²) in [6.45, 7) is 0.0643. The molecule has 2 amide bonds. The summed E-state index contributed by atoms with van der Waals surface area (Å²) in [4.78, 5) is 44.3. The van der Waals surface area contributed by atoms with Crippen molar-refractivity contribution in [2.45, 2.75) is 19.0 Å². The number of halogens is 5. The van der Waals surface area contributed by atoms with Gasteiger partial charge in [0.2, 0.25) is 0 Å². The molecule has 0 unspecified atom stereocenters. The zero-order valence-electron chi connectivity index (χ0n) is 18.9. The van der Waals surface area contributed by atoms with E-state index in [1.165, 1.54) is 22.8 Å². The van der Waals surface area contributed by atoms with E-state index in [4.69, 9.17) is 23.2 Å². The quantitative estimate of drug-likeness (QED) is 0.277. The van der Waals surface area contributed by atoms with Crippen LogP contribution in [0.5, 0.6) is 0 Å². The third-order valence-corrected chi connectivity index (χ3v) is 6.79. The summed E-state index contributed by atoms with van der Waals surface area (Å²) in [5.74, 6) is -1.32. The van der Waals surface area contributed by atoms with E-state index in [9.17, 15) is 27.6 Å². The van der Waals surface area contributed by atoms with Crippen molar-refractivity contribution in [1.29, 1.82) is 0 Å². The van der Waals surface area contributed by atoms with Crippen molar-refractivity contribution < 1.29 is 27.6 Å². The van der Waals surface area contributed by atoms with Gasteiger partial charge >= 0.3 is 6.18 Å². The van der Waals surface area contributed by atoms with E-state index in [1.807, 2.05) is 0 Å². The maximum atomic E-state index is 13.5. The number of amides is 2. The number of aryl methyl sites for hydroxylation is 1. The van der Waals surface area contributed by atoms with Crippen molar-refractivity contribution in [1.82, 2.24) is 14.5 Å². The van der Waals surface area contributed by atoms with E-state index < -0.39 is 29.5 Å². The Bertz CT molecular complexity index is 1560. The average Bonchev–Trinajstić information content (AvgIpc) is 3.33. The van der Waals surface area contributed by atoms with Crippen LogP contribution in [-0.2, 0) is 12.6 Å². The minimum absolute atomic E-state index is 0.0643. The molecule has 0 bridgehead atoms. The molecule has 0 atom stereocenters. The van der Waals surface area contributed by atoms with Crippen LogP contribution in [0.1, 0.15) is 48.9 Å². The SMILES string of the molecule is O=C1c2ccccc2C(=O)N1CCCc1nc2cc(Cl)c(Cl)cc2n1C(=O)c1cccc(C(F)(F)F)c1. The summed E-state index contributed by atoms with van der Waals surface area (Å²) in [7, 11) is 0. The fourth-order valence-electron chi connectivity index (χ4n) is 4.31. The highest BCUT2D eigenvalue weighted by atomic mass is 35.5. The maximum absolute atomic E-state index is 13.5. The lowest BCUT2D eigenvalue weighted by Crippen LogP contribution is -2.31. The second-order valence-corrected chi connectivity index (χ2v) is 9.23. The van der Waals surface area contributed by atoms with Gasteiger partial charge in [0.15, 0.2) is 0 Å². The number of hydrogen-bond acceptors (Lipinski definition) is 4. The van der Waals surface area contributed by atoms with Crippen LogP contribution in [0.2, 0.25) is 10.0 Å². The van der Waals surface area contributed by atoms with Crippen LogP contribution in [0.4, 0.5) is 13.2 Å². The largest absolute Gasteiger partial charge is 0.416 e. The Balaban J connectivity index is 1.47. The van der Waals surface area contributed by atoms with Gasteiger partial charge in [-0.15, -0.1) is 0 Å². The first-order chi connectivity index (χ1) is 17.6. The second kappa shape index (κ2) is 9.32. The van der Waals surface area contributed by atoms with Gasteiger partial charge in [-0.25, -0.2) is 4.98 Å². The van der Waals surface area contributed by atoms with E-state index in [0.29, 0.717) is 16.6 Å². The molecule has 0 radical (unpaired) electrons. The molecule has 0 saturated heterocycles. The van der Waals surface area contributed by atoms with E-state index in [-0.39, 0.29) is 46.3 Å². The number of carbonyl (C=O) groups excluding carboxylic acids is 3. The highest BCUT2D eigenvalue weighted by molar-refractivity contribution is 6.42. The molecular formula is C26H16Cl2F3N3O3. The summed E-state index contributed by atoms with van der Waals surface area (Å²) >= 11 is 12.3. The number of nitrogens with zero attached hydrogens (tertiary/aromatic N) is 3. The standard InChI is InChI=1S/C26H16Cl2F3N3O3/c27-18-12-20-21(13-19(18)28)34(23(35)14-5-3-6-15(11-14)26(29,30)31)22(32-20)9-4-10-33-24(36)16-7-1-2-8-17(16)25(33)37/h1-3,5-8,11-13H,4,9-10H2. The smallest absolute Gasteiger partial charge is 0.274 e. The third kappa shape index (κ3) is 4.49. The molecule has 0 N–H and O–H groups in total. The molecule has 188 valence electrons. The summed E-state index contributed by atoms with van der Waals surface area (Å²) in [5, 5.41) is 0.340. The van der Waals surface area contributed by atoms with Crippen molar-refractivity contribution in [3.63, 3.8) is 0 Å². The number of alkyl halides is 3. The molecule has 2 heterocycles. The molecule has 3 aromatic carbocycles. The number of aromatic nitrogens is 2. The summed E-state index contributed by atoms with van der Waals surface area (Å²) in [6.07, 6.45) is -4.23. The molecule has 11 heteroatoms. The van der Waals surface area contributed by atoms with E-state index in [1.54, 1.807) is 24.3 Å². The Morgan fingerprint density at radius 3 is 2.19 bits per heavy atom. The summed E-state index contributed by atoms with van der Waals surface area (Å²) in [5.41, 5.74) is 0.0864. The number of hydrogen-bond donors (Lipinski definition) is 0. The monoisotopic (exact) mass is 545 g/mol. The van der Waals surface area contributed by atoms with Gasteiger partial charge in [0.25, 0.3) is 17.7 Å². The van der Waals surface area contributed by atoms with Gasteiger partial charge in [-0.3, -0.25) is 23.9 Å². The molecule has 1 aliphatic heterocycles. The third-order valence-electron chi connectivity index (χ3n) is 6.07. The Hall–Kier alpha value is -3.69. The van der Waals surface area contributed by atoms with Crippen LogP contribution in [0, 0.1) is 0 Å². The summed E-state index contributed by atoms with van der Waals surface area (Å²) in [6, 6.07) is 13.5. The Labute approximate surface area is 218 Å². The number of fused-ring (bicyclic) bond motifs is 2. The van der Waals surface area contributed by atoms with E-state index in [2.05, 4.69) is 4.98 Å². The number of rotatable bonds is 5. The van der Waals surface area contributed by atoms with Crippen LogP contribution in [-0.4, -0.2) is 38.7 Å². The number of imidazole rings is 1. The molecule has 1 aromatic heterocycles. The van der Waals surface area contributed by atoms with Crippen molar-refractivity contribution in [3.8, 4) is 0 Å². The minimum atomic E-state index is -4.63. The Kier molecular flexibility index (Phi) is 6.29. The van der Waals surface area contributed by atoms with Gasteiger partial charge < -0.3 is 0 Å². The average molecular weight is 546 g/mol. The van der Waals surface area contributed by atoms with Gasteiger partial charge in [0, 0.05) is 18.5 Å². The highest BCUT2D eigenvalue weighted by Crippen LogP contribution is 2.32. The molecule has 1 aliphatic rings. The van der Waals surface area contributed by atoms with Crippen LogP contribution in [0.25, 0.3) is 11.0 Å². The van der Waals surface area contributed by atoms with Crippen molar-refractivity contribution in [3.05, 3.63) is 98.8 Å². The van der Waals surface area contributed by atoms with Crippen LogP contribution in [0.3, 0.4) is 0 Å². The lowest BCUT2D eigenvalue weighted by Gasteiger charge is -2.14. The van der Waals surface area contributed by atoms with E-state index >= 15 is 0 Å². The summed E-state index contributed by atoms with van der Waals surface area (Å²) < 4.78 is 41.0. The van der Waals surface area contributed by atoms with Gasteiger partial charge in [0.05, 0.1) is 37.8 Å². The molecule has 0 aliphatic carbocycles. The zero-order chi connectivity index (χ0) is 26.5. The molecule has 5 rings (SSSR count). The first-order valence-corrected chi connectivity index (χ1v) is 11.9. The first kappa shape index (κ1) is 25.0. The minimum Gasteiger partial charge on any atom is -0.274 e. The first-order valence-electron chi connectivity index (χ1n) is 11.1. The van der Waals surface area contributed by atoms with Crippen LogP contribution >= 0.6 is 23.2 Å². The zero-order valence-corrected chi connectivity index (χ0v) is 20.4. The fraction of sp³-hybridized carbons (Fsp3) is 0.154. The fourth-order valence-corrected chi connectivity index (χ4v) is 4.63. The highest BCUT2D eigenvalue weighted by Gasteiger charge is 2.35. The van der Waals surface area contributed by atoms with Crippen molar-refractivity contribution >= 4 is 52.0 Å². The number of carbonyl (C=O) groups is 3. The normalized spacial score (nSPS) is 13.5. The van der Waals surface area contributed by atoms with Crippen molar-refractivity contribution in [2.24, 2.45) is 0 Å². The van der Waals surface area contributed by atoms with Crippen LogP contribution in [0.15, 0.2) is 60.7 Å². The maximum Gasteiger partial charge on any atom is 0.416 e. The van der Waals surface area contributed by atoms with Crippen molar-refractivity contribution in [2.75, 3.05) is 6.54 Å². The Morgan fingerprint density at radius 2 is 1.54 bits per heavy atom. The van der Waals surface area contributed by atoms with E-state index in [0.717, 1.165) is 23.1 Å². The van der Waals surface area contributed by atoms with Crippen LogP contribution < -0.4 is 0 Å².